The molecule has 2 bridgehead atoms. The van der Waals surface area contributed by atoms with Crippen LogP contribution in [0.15, 0.2) is 17.5 Å². The fourth-order valence-corrected chi connectivity index (χ4v) is 3.99. The first-order valence-electron chi connectivity index (χ1n) is 6.14. The summed E-state index contributed by atoms with van der Waals surface area (Å²) in [6.07, 6.45) is 5.58. The normalized spacial score (nSPS) is 31.9. The Morgan fingerprint density at radius 1 is 1.44 bits per heavy atom. The molecule has 16 heavy (non-hydrogen) atoms. The van der Waals surface area contributed by atoms with Gasteiger partial charge in [0.25, 0.3) is 5.91 Å². The SMILES string of the molecule is O=C(NC[C@H]1C[C@H]2CC[C@H]1C2)c1cccs1. The molecule has 0 aromatic carbocycles. The standard InChI is InChI=1S/C13H17NOS/c15-13(12-2-1-5-16-12)14-8-11-7-9-3-4-10(11)6-9/h1-2,5,9-11H,3-4,6-8H2,(H,14,15)/t9-,10-,11+/m0/s1. The molecule has 0 spiro atoms. The van der Waals surface area contributed by atoms with Crippen LogP contribution in [0.1, 0.15) is 35.4 Å². The molecular formula is C13H17NOS. The van der Waals surface area contributed by atoms with Crippen LogP contribution < -0.4 is 5.32 Å². The van der Waals surface area contributed by atoms with E-state index >= 15 is 0 Å². The lowest BCUT2D eigenvalue weighted by molar-refractivity contribution is 0.0946. The van der Waals surface area contributed by atoms with Crippen LogP contribution in [-0.2, 0) is 0 Å². The number of thiophene rings is 1. The topological polar surface area (TPSA) is 29.1 Å². The minimum atomic E-state index is 0.109. The predicted octanol–water partition coefficient (Wildman–Crippen LogP) is 2.91. The molecule has 0 radical (unpaired) electrons. The fraction of sp³-hybridized carbons (Fsp3) is 0.615. The number of fused-ring (bicyclic) bond motifs is 2. The van der Waals surface area contributed by atoms with Gasteiger partial charge in [-0.15, -0.1) is 11.3 Å². The van der Waals surface area contributed by atoms with E-state index < -0.39 is 0 Å². The summed E-state index contributed by atoms with van der Waals surface area (Å²) in [5.41, 5.74) is 0. The molecule has 0 saturated heterocycles. The van der Waals surface area contributed by atoms with Gasteiger partial charge < -0.3 is 5.32 Å². The predicted molar refractivity (Wildman–Crippen MR) is 65.6 cm³/mol. The molecule has 2 fully saturated rings. The highest BCUT2D eigenvalue weighted by Crippen LogP contribution is 2.47. The maximum absolute atomic E-state index is 11.8. The van der Waals surface area contributed by atoms with Crippen LogP contribution >= 0.6 is 11.3 Å². The molecule has 3 rings (SSSR count). The molecule has 1 heterocycles. The third-order valence-corrected chi connectivity index (χ3v) is 5.02. The number of nitrogens with one attached hydrogen (secondary N) is 1. The third-order valence-electron chi connectivity index (χ3n) is 4.15. The lowest BCUT2D eigenvalue weighted by Crippen LogP contribution is -2.31. The minimum absolute atomic E-state index is 0.109. The van der Waals surface area contributed by atoms with Crippen LogP contribution in [0.25, 0.3) is 0 Å². The lowest BCUT2D eigenvalue weighted by Gasteiger charge is -2.21. The summed E-state index contributed by atoms with van der Waals surface area (Å²) in [5.74, 6) is 2.72. The van der Waals surface area contributed by atoms with Gasteiger partial charge in [0.05, 0.1) is 4.88 Å². The Balaban J connectivity index is 1.52. The van der Waals surface area contributed by atoms with Crippen LogP contribution in [0.3, 0.4) is 0 Å². The van der Waals surface area contributed by atoms with Crippen molar-refractivity contribution < 1.29 is 4.79 Å². The van der Waals surface area contributed by atoms with E-state index in [2.05, 4.69) is 5.32 Å². The van der Waals surface area contributed by atoms with Crippen molar-refractivity contribution >= 4 is 17.2 Å². The average molecular weight is 235 g/mol. The monoisotopic (exact) mass is 235 g/mol. The summed E-state index contributed by atoms with van der Waals surface area (Å²) >= 11 is 1.52. The molecule has 1 amide bonds. The van der Waals surface area contributed by atoms with Gasteiger partial charge in [-0.25, -0.2) is 0 Å². The summed E-state index contributed by atoms with van der Waals surface area (Å²) in [5, 5.41) is 5.03. The zero-order valence-electron chi connectivity index (χ0n) is 9.32. The van der Waals surface area contributed by atoms with Gasteiger partial charge >= 0.3 is 0 Å². The highest BCUT2D eigenvalue weighted by Gasteiger charge is 2.39. The van der Waals surface area contributed by atoms with Gasteiger partial charge in [0, 0.05) is 6.54 Å². The van der Waals surface area contributed by atoms with E-state index in [1.165, 1.54) is 37.0 Å². The molecule has 2 aliphatic carbocycles. The van der Waals surface area contributed by atoms with Crippen molar-refractivity contribution in [3.05, 3.63) is 22.4 Å². The van der Waals surface area contributed by atoms with E-state index in [4.69, 9.17) is 0 Å². The highest BCUT2D eigenvalue weighted by atomic mass is 32.1. The van der Waals surface area contributed by atoms with Gasteiger partial charge in [0.15, 0.2) is 0 Å². The average Bonchev–Trinajstić information content (AvgIpc) is 3.01. The first kappa shape index (κ1) is 10.3. The summed E-state index contributed by atoms with van der Waals surface area (Å²) in [7, 11) is 0. The van der Waals surface area contributed by atoms with Crippen molar-refractivity contribution in [1.29, 1.82) is 0 Å². The van der Waals surface area contributed by atoms with Crippen LogP contribution in [0.5, 0.6) is 0 Å². The lowest BCUT2D eigenvalue weighted by atomic mass is 9.89. The number of amides is 1. The largest absolute Gasteiger partial charge is 0.351 e. The Morgan fingerprint density at radius 3 is 3.00 bits per heavy atom. The van der Waals surface area contributed by atoms with Crippen molar-refractivity contribution in [2.24, 2.45) is 17.8 Å². The van der Waals surface area contributed by atoms with E-state index in [0.717, 1.165) is 29.2 Å². The maximum atomic E-state index is 11.8. The highest BCUT2D eigenvalue weighted by molar-refractivity contribution is 7.12. The van der Waals surface area contributed by atoms with Gasteiger partial charge in [-0.3, -0.25) is 4.79 Å². The second-order valence-corrected chi connectivity index (χ2v) is 6.07. The van der Waals surface area contributed by atoms with Gasteiger partial charge in [-0.05, 0) is 48.5 Å². The van der Waals surface area contributed by atoms with Crippen LogP contribution in [0, 0.1) is 17.8 Å². The molecule has 2 nitrogen and oxygen atoms in total. The molecule has 86 valence electrons. The Labute approximate surface area is 100 Å². The maximum Gasteiger partial charge on any atom is 0.261 e. The summed E-state index contributed by atoms with van der Waals surface area (Å²) in [6, 6.07) is 3.82. The Morgan fingerprint density at radius 2 is 2.38 bits per heavy atom. The number of carbonyl (C=O) groups excluding carboxylic acids is 1. The second kappa shape index (κ2) is 4.21. The van der Waals surface area contributed by atoms with E-state index in [9.17, 15) is 4.79 Å². The molecule has 3 heteroatoms. The van der Waals surface area contributed by atoms with E-state index in [0.29, 0.717) is 0 Å². The van der Waals surface area contributed by atoms with Crippen LogP contribution in [0.2, 0.25) is 0 Å². The number of hydrogen-bond acceptors (Lipinski definition) is 2. The van der Waals surface area contributed by atoms with Crippen molar-refractivity contribution in [1.82, 2.24) is 5.32 Å². The van der Waals surface area contributed by atoms with Crippen LogP contribution in [0.4, 0.5) is 0 Å². The fourth-order valence-electron chi connectivity index (χ4n) is 3.35. The van der Waals surface area contributed by atoms with Crippen molar-refractivity contribution in [3.8, 4) is 0 Å². The van der Waals surface area contributed by atoms with Crippen LogP contribution in [-0.4, -0.2) is 12.5 Å². The van der Waals surface area contributed by atoms with Gasteiger partial charge in [-0.1, -0.05) is 12.5 Å². The molecule has 2 saturated carbocycles. The first-order chi connectivity index (χ1) is 7.83. The molecule has 3 atom stereocenters. The number of hydrogen-bond donors (Lipinski definition) is 1. The Kier molecular flexibility index (Phi) is 2.72. The third kappa shape index (κ3) is 1.88. The summed E-state index contributed by atoms with van der Waals surface area (Å²) in [6.45, 7) is 0.887. The van der Waals surface area contributed by atoms with E-state index in [-0.39, 0.29) is 5.91 Å². The van der Waals surface area contributed by atoms with Crippen molar-refractivity contribution in [3.63, 3.8) is 0 Å². The molecular weight excluding hydrogens is 218 g/mol. The molecule has 0 aliphatic heterocycles. The molecule has 2 aliphatic rings. The van der Waals surface area contributed by atoms with Crippen molar-refractivity contribution in [2.75, 3.05) is 6.54 Å². The zero-order chi connectivity index (χ0) is 11.0. The van der Waals surface area contributed by atoms with E-state index in [1.54, 1.807) is 0 Å². The number of rotatable bonds is 3. The van der Waals surface area contributed by atoms with Gasteiger partial charge in [0.1, 0.15) is 0 Å². The quantitative estimate of drug-likeness (QED) is 0.857. The second-order valence-electron chi connectivity index (χ2n) is 5.12. The molecule has 1 aromatic rings. The smallest absolute Gasteiger partial charge is 0.261 e. The molecule has 1 N–H and O–H groups in total. The van der Waals surface area contributed by atoms with Gasteiger partial charge in [-0.2, -0.15) is 0 Å². The molecule has 1 aromatic heterocycles. The minimum Gasteiger partial charge on any atom is -0.351 e. The van der Waals surface area contributed by atoms with E-state index in [1.807, 2.05) is 17.5 Å². The van der Waals surface area contributed by atoms with Crippen molar-refractivity contribution in [2.45, 2.75) is 25.7 Å². The number of carbonyl (C=O) groups is 1. The Hall–Kier alpha value is -0.830. The van der Waals surface area contributed by atoms with Gasteiger partial charge in [0.2, 0.25) is 0 Å². The Bertz CT molecular complexity index is 373. The zero-order valence-corrected chi connectivity index (χ0v) is 10.1. The summed E-state index contributed by atoms with van der Waals surface area (Å²) in [4.78, 5) is 12.6. The first-order valence-corrected chi connectivity index (χ1v) is 7.02. The molecule has 0 unspecified atom stereocenters. The summed E-state index contributed by atoms with van der Waals surface area (Å²) < 4.78 is 0.